The molecule has 0 rings (SSSR count). The van der Waals surface area contributed by atoms with Crippen LogP contribution in [0.3, 0.4) is 0 Å². The second-order valence-corrected chi connectivity index (χ2v) is 3.45. The van der Waals surface area contributed by atoms with Crippen molar-refractivity contribution in [1.29, 1.82) is 0 Å². The number of carbonyl (C=O) groups is 3. The second kappa shape index (κ2) is 8.53. The van der Waals surface area contributed by atoms with Gasteiger partial charge in [0.05, 0.1) is 11.9 Å². The SMILES string of the molecule is C[C@H](N)C(=O)N[C@H](CCl)C(=O)O.O=C(O)C(F)(F)F. The van der Waals surface area contributed by atoms with Crippen LogP contribution in [0.2, 0.25) is 0 Å². The number of carboxylic acid groups (broad SMARTS) is 2. The molecule has 7 nitrogen and oxygen atoms in total. The predicted molar refractivity (Wildman–Crippen MR) is 57.6 cm³/mol. The lowest BCUT2D eigenvalue weighted by Crippen LogP contribution is -2.48. The molecule has 0 bridgehead atoms. The van der Waals surface area contributed by atoms with E-state index in [0.29, 0.717) is 0 Å². The average molecular weight is 309 g/mol. The maximum Gasteiger partial charge on any atom is 0.490 e. The van der Waals surface area contributed by atoms with Crippen LogP contribution in [0.4, 0.5) is 13.2 Å². The summed E-state index contributed by atoms with van der Waals surface area (Å²) in [6.07, 6.45) is -5.08. The van der Waals surface area contributed by atoms with Gasteiger partial charge in [-0.25, -0.2) is 9.59 Å². The molecule has 19 heavy (non-hydrogen) atoms. The fraction of sp³-hybridized carbons (Fsp3) is 0.625. The van der Waals surface area contributed by atoms with Gasteiger partial charge in [-0.3, -0.25) is 4.79 Å². The number of carbonyl (C=O) groups excluding carboxylic acids is 1. The first-order chi connectivity index (χ1) is 8.43. The maximum atomic E-state index is 10.9. The first-order valence-corrected chi connectivity index (χ1v) is 5.11. The topological polar surface area (TPSA) is 130 Å². The van der Waals surface area contributed by atoms with Crippen LogP contribution >= 0.6 is 11.6 Å². The Morgan fingerprint density at radius 3 is 1.84 bits per heavy atom. The number of hydrogen-bond donors (Lipinski definition) is 4. The molecule has 0 aromatic rings. The maximum absolute atomic E-state index is 10.9. The van der Waals surface area contributed by atoms with Crippen LogP contribution in [-0.2, 0) is 14.4 Å². The number of halogens is 4. The van der Waals surface area contributed by atoms with Gasteiger partial charge < -0.3 is 21.3 Å². The Morgan fingerprint density at radius 1 is 1.32 bits per heavy atom. The summed E-state index contributed by atoms with van der Waals surface area (Å²) in [5.41, 5.74) is 5.19. The summed E-state index contributed by atoms with van der Waals surface area (Å²) in [7, 11) is 0. The highest BCUT2D eigenvalue weighted by atomic mass is 35.5. The van der Waals surface area contributed by atoms with Gasteiger partial charge in [-0.05, 0) is 6.92 Å². The van der Waals surface area contributed by atoms with E-state index in [9.17, 15) is 22.8 Å². The summed E-state index contributed by atoms with van der Waals surface area (Å²) in [6.45, 7) is 1.46. The Kier molecular flexibility index (Phi) is 8.89. The summed E-state index contributed by atoms with van der Waals surface area (Å²) < 4.78 is 31.7. The minimum Gasteiger partial charge on any atom is -0.480 e. The normalized spacial score (nSPS) is 13.6. The van der Waals surface area contributed by atoms with Gasteiger partial charge >= 0.3 is 18.1 Å². The van der Waals surface area contributed by atoms with E-state index in [1.807, 2.05) is 0 Å². The Hall–Kier alpha value is -1.55. The Balaban J connectivity index is 0. The summed E-state index contributed by atoms with van der Waals surface area (Å²) in [6, 6.07) is -1.79. The zero-order chi connectivity index (χ0) is 15.8. The minimum absolute atomic E-state index is 0.173. The zero-order valence-electron chi connectivity index (χ0n) is 9.57. The Morgan fingerprint density at radius 2 is 1.68 bits per heavy atom. The van der Waals surface area contributed by atoms with E-state index in [4.69, 9.17) is 32.3 Å². The molecule has 0 saturated carbocycles. The van der Waals surface area contributed by atoms with Crippen LogP contribution in [0.25, 0.3) is 0 Å². The van der Waals surface area contributed by atoms with Gasteiger partial charge in [0.2, 0.25) is 5.91 Å². The third-order valence-corrected chi connectivity index (χ3v) is 1.73. The van der Waals surface area contributed by atoms with Crippen molar-refractivity contribution in [1.82, 2.24) is 5.32 Å². The lowest BCUT2D eigenvalue weighted by molar-refractivity contribution is -0.192. The molecular formula is C8H12ClF3N2O5. The van der Waals surface area contributed by atoms with Crippen molar-refractivity contribution in [2.24, 2.45) is 5.73 Å². The molecule has 0 aromatic carbocycles. The van der Waals surface area contributed by atoms with Crippen molar-refractivity contribution < 1.29 is 37.8 Å². The molecule has 0 aliphatic carbocycles. The number of hydrogen-bond acceptors (Lipinski definition) is 4. The summed E-state index contributed by atoms with van der Waals surface area (Å²) in [4.78, 5) is 30.1. The summed E-state index contributed by atoms with van der Waals surface area (Å²) in [5.74, 6) is -4.62. The number of alkyl halides is 4. The fourth-order valence-electron chi connectivity index (χ4n) is 0.469. The van der Waals surface area contributed by atoms with E-state index in [1.54, 1.807) is 0 Å². The molecule has 2 atom stereocenters. The molecule has 1 amide bonds. The quantitative estimate of drug-likeness (QED) is 0.531. The van der Waals surface area contributed by atoms with Gasteiger partial charge in [0.15, 0.2) is 0 Å². The lowest BCUT2D eigenvalue weighted by Gasteiger charge is -2.12. The molecule has 0 unspecified atom stereocenters. The number of amides is 1. The highest BCUT2D eigenvalue weighted by molar-refractivity contribution is 6.19. The zero-order valence-corrected chi connectivity index (χ0v) is 10.3. The van der Waals surface area contributed by atoms with E-state index < -0.39 is 36.1 Å². The molecule has 0 aliphatic rings. The van der Waals surface area contributed by atoms with E-state index >= 15 is 0 Å². The third-order valence-electron chi connectivity index (χ3n) is 1.42. The smallest absolute Gasteiger partial charge is 0.480 e. The molecule has 0 fully saturated rings. The van der Waals surface area contributed by atoms with Gasteiger partial charge in [0.25, 0.3) is 0 Å². The van der Waals surface area contributed by atoms with Crippen LogP contribution in [0.5, 0.6) is 0 Å². The van der Waals surface area contributed by atoms with Crippen molar-refractivity contribution in [2.75, 3.05) is 5.88 Å². The number of nitrogens with two attached hydrogens (primary N) is 1. The number of rotatable bonds is 4. The van der Waals surface area contributed by atoms with Crippen LogP contribution < -0.4 is 11.1 Å². The largest absolute Gasteiger partial charge is 0.490 e. The van der Waals surface area contributed by atoms with Gasteiger partial charge in [-0.1, -0.05) is 0 Å². The van der Waals surface area contributed by atoms with Crippen molar-refractivity contribution in [3.05, 3.63) is 0 Å². The monoisotopic (exact) mass is 308 g/mol. The Labute approximate surface area is 110 Å². The first-order valence-electron chi connectivity index (χ1n) is 4.58. The van der Waals surface area contributed by atoms with E-state index in [2.05, 4.69) is 5.32 Å². The van der Waals surface area contributed by atoms with Gasteiger partial charge in [0, 0.05) is 0 Å². The van der Waals surface area contributed by atoms with Crippen molar-refractivity contribution in [3.63, 3.8) is 0 Å². The molecule has 5 N–H and O–H groups in total. The molecule has 0 heterocycles. The van der Waals surface area contributed by atoms with Gasteiger partial charge in [-0.15, -0.1) is 11.6 Å². The highest BCUT2D eigenvalue weighted by Crippen LogP contribution is 2.13. The molecule has 0 aliphatic heterocycles. The number of aliphatic carboxylic acids is 2. The van der Waals surface area contributed by atoms with Gasteiger partial charge in [-0.2, -0.15) is 13.2 Å². The fourth-order valence-corrected chi connectivity index (χ4v) is 0.679. The molecule has 0 spiro atoms. The van der Waals surface area contributed by atoms with Crippen LogP contribution in [0.1, 0.15) is 6.92 Å². The second-order valence-electron chi connectivity index (χ2n) is 3.15. The molecule has 0 radical (unpaired) electrons. The van der Waals surface area contributed by atoms with Crippen molar-refractivity contribution in [3.8, 4) is 0 Å². The molecule has 0 saturated heterocycles. The molecule has 0 aromatic heterocycles. The predicted octanol–water partition coefficient (Wildman–Crippen LogP) is -0.225. The Bertz CT molecular complexity index is 335. The highest BCUT2D eigenvalue weighted by Gasteiger charge is 2.38. The molecular weight excluding hydrogens is 297 g/mol. The molecule has 112 valence electrons. The number of carboxylic acids is 2. The minimum atomic E-state index is -5.08. The van der Waals surface area contributed by atoms with Crippen molar-refractivity contribution in [2.45, 2.75) is 25.2 Å². The first kappa shape index (κ1) is 19.8. The molecule has 11 heteroatoms. The summed E-state index contributed by atoms with van der Waals surface area (Å²) >= 11 is 5.27. The van der Waals surface area contributed by atoms with E-state index in [-0.39, 0.29) is 5.88 Å². The summed E-state index contributed by atoms with van der Waals surface area (Å²) in [5, 5.41) is 17.8. The van der Waals surface area contributed by atoms with Crippen LogP contribution in [-0.4, -0.2) is 52.2 Å². The number of nitrogens with one attached hydrogen (secondary N) is 1. The van der Waals surface area contributed by atoms with Gasteiger partial charge in [0.1, 0.15) is 6.04 Å². The van der Waals surface area contributed by atoms with E-state index in [1.165, 1.54) is 6.92 Å². The third kappa shape index (κ3) is 10.1. The van der Waals surface area contributed by atoms with Crippen LogP contribution in [0, 0.1) is 0 Å². The average Bonchev–Trinajstić information content (AvgIpc) is 2.24. The van der Waals surface area contributed by atoms with E-state index in [0.717, 1.165) is 0 Å². The van der Waals surface area contributed by atoms with Crippen LogP contribution in [0.15, 0.2) is 0 Å². The standard InChI is InChI=1S/C6H11ClN2O3.C2HF3O2/c1-3(8)5(10)9-4(2-7)6(11)12;3-2(4,5)1(6)7/h3-4H,2,8H2,1H3,(H,9,10)(H,11,12);(H,6,7)/t3-,4+;/m0./s1. The van der Waals surface area contributed by atoms with Crippen molar-refractivity contribution >= 4 is 29.4 Å². The lowest BCUT2D eigenvalue weighted by atomic mass is 10.3.